The smallest absolute Gasteiger partial charge is 0.245 e. The normalized spacial score (nSPS) is 21.8. The molecule has 0 spiro atoms. The molecule has 0 bridgehead atoms. The third-order valence-corrected chi connectivity index (χ3v) is 5.66. The minimum Gasteiger partial charge on any atom is -0.337 e. The van der Waals surface area contributed by atoms with Crippen molar-refractivity contribution in [2.24, 2.45) is 0 Å². The molecule has 130 valence electrons. The summed E-state index contributed by atoms with van der Waals surface area (Å²) in [5.41, 5.74) is 2.43. The van der Waals surface area contributed by atoms with Crippen LogP contribution < -0.4 is 10.2 Å². The standard InChI is InChI=1S/C18H23N7/c1-12-5-3-9-24(12)17-20-16(13-6-4-10-25(13)23-17)19-15-11-14(21-22-15)18(2)7-8-18/h4,6,10-12H,3,5,7-9H2,1-2H3,(H2,19,20,21,22,23)/t12-/m0/s1. The largest absolute Gasteiger partial charge is 0.337 e. The predicted molar refractivity (Wildman–Crippen MR) is 97.5 cm³/mol. The van der Waals surface area contributed by atoms with Gasteiger partial charge in [0.2, 0.25) is 5.95 Å². The van der Waals surface area contributed by atoms with Crippen LogP contribution in [0.4, 0.5) is 17.6 Å². The average molecular weight is 337 g/mol. The maximum absolute atomic E-state index is 4.82. The van der Waals surface area contributed by atoms with E-state index < -0.39 is 0 Å². The van der Waals surface area contributed by atoms with E-state index in [9.17, 15) is 0 Å². The number of fused-ring (bicyclic) bond motifs is 1. The first-order chi connectivity index (χ1) is 12.1. The highest BCUT2D eigenvalue weighted by molar-refractivity contribution is 5.73. The number of H-pyrrole nitrogens is 1. The van der Waals surface area contributed by atoms with Crippen molar-refractivity contribution < 1.29 is 0 Å². The molecule has 1 aliphatic carbocycles. The van der Waals surface area contributed by atoms with E-state index in [0.29, 0.717) is 6.04 Å². The third-order valence-electron chi connectivity index (χ3n) is 5.66. The van der Waals surface area contributed by atoms with Gasteiger partial charge < -0.3 is 10.2 Å². The molecule has 3 aromatic heterocycles. The van der Waals surface area contributed by atoms with Gasteiger partial charge in [0.1, 0.15) is 5.52 Å². The summed E-state index contributed by atoms with van der Waals surface area (Å²) >= 11 is 0. The van der Waals surface area contributed by atoms with Crippen LogP contribution in [0.2, 0.25) is 0 Å². The Bertz CT molecular complexity index is 921. The number of aromatic amines is 1. The monoisotopic (exact) mass is 337 g/mol. The van der Waals surface area contributed by atoms with Crippen molar-refractivity contribution in [3.05, 3.63) is 30.1 Å². The van der Waals surface area contributed by atoms with E-state index in [0.717, 1.165) is 29.6 Å². The summed E-state index contributed by atoms with van der Waals surface area (Å²) in [6.07, 6.45) is 6.80. The van der Waals surface area contributed by atoms with E-state index in [-0.39, 0.29) is 5.41 Å². The van der Waals surface area contributed by atoms with Gasteiger partial charge in [-0.1, -0.05) is 6.92 Å². The number of anilines is 3. The Kier molecular flexibility index (Phi) is 3.07. The summed E-state index contributed by atoms with van der Waals surface area (Å²) in [5.74, 6) is 2.39. The fourth-order valence-electron chi connectivity index (χ4n) is 3.64. The Hall–Kier alpha value is -2.57. The highest BCUT2D eigenvalue weighted by Gasteiger charge is 2.40. The lowest BCUT2D eigenvalue weighted by atomic mass is 10.1. The van der Waals surface area contributed by atoms with Crippen LogP contribution in [0, 0.1) is 0 Å². The summed E-state index contributed by atoms with van der Waals surface area (Å²) in [4.78, 5) is 7.10. The fourth-order valence-corrected chi connectivity index (χ4v) is 3.64. The maximum Gasteiger partial charge on any atom is 0.245 e. The molecule has 3 aromatic rings. The minimum atomic E-state index is 0.277. The molecule has 2 N–H and O–H groups in total. The zero-order valence-electron chi connectivity index (χ0n) is 14.7. The molecule has 1 atom stereocenters. The fraction of sp³-hybridized carbons (Fsp3) is 0.500. The number of hydrogen-bond acceptors (Lipinski definition) is 5. The van der Waals surface area contributed by atoms with Crippen molar-refractivity contribution in [1.82, 2.24) is 24.8 Å². The predicted octanol–water partition coefficient (Wildman–Crippen LogP) is 3.24. The zero-order valence-corrected chi connectivity index (χ0v) is 14.7. The second-order valence-electron chi connectivity index (χ2n) is 7.64. The number of aromatic nitrogens is 5. The molecular weight excluding hydrogens is 314 g/mol. The van der Waals surface area contributed by atoms with E-state index in [2.05, 4.69) is 45.4 Å². The molecule has 0 aromatic carbocycles. The molecule has 0 amide bonds. The van der Waals surface area contributed by atoms with Crippen molar-refractivity contribution in [3.63, 3.8) is 0 Å². The Morgan fingerprint density at radius 1 is 1.36 bits per heavy atom. The lowest BCUT2D eigenvalue weighted by Gasteiger charge is -2.22. The van der Waals surface area contributed by atoms with Gasteiger partial charge in [0, 0.05) is 36.0 Å². The zero-order chi connectivity index (χ0) is 17.0. The summed E-state index contributed by atoms with van der Waals surface area (Å²) in [7, 11) is 0. The molecule has 5 rings (SSSR count). The molecule has 0 radical (unpaired) electrons. The van der Waals surface area contributed by atoms with Gasteiger partial charge in [-0.2, -0.15) is 10.1 Å². The topological polar surface area (TPSA) is 74.1 Å². The average Bonchev–Trinajstić information content (AvgIpc) is 3.05. The van der Waals surface area contributed by atoms with Crippen molar-refractivity contribution in [1.29, 1.82) is 0 Å². The third kappa shape index (κ3) is 2.45. The van der Waals surface area contributed by atoms with E-state index in [1.807, 2.05) is 22.8 Å². The maximum atomic E-state index is 4.82. The van der Waals surface area contributed by atoms with Crippen LogP contribution in [-0.4, -0.2) is 37.4 Å². The molecule has 1 saturated heterocycles. The minimum absolute atomic E-state index is 0.277. The van der Waals surface area contributed by atoms with Gasteiger partial charge in [0.05, 0.1) is 0 Å². The van der Waals surface area contributed by atoms with Crippen molar-refractivity contribution >= 4 is 23.1 Å². The molecular formula is C18H23N7. The van der Waals surface area contributed by atoms with Gasteiger partial charge in [-0.05, 0) is 44.7 Å². The van der Waals surface area contributed by atoms with Gasteiger partial charge in [0.25, 0.3) is 0 Å². The highest BCUT2D eigenvalue weighted by Crippen LogP contribution is 2.47. The Labute approximate surface area is 146 Å². The number of rotatable bonds is 4. The molecule has 2 aliphatic rings. The molecule has 1 saturated carbocycles. The van der Waals surface area contributed by atoms with Crippen LogP contribution in [0.15, 0.2) is 24.4 Å². The van der Waals surface area contributed by atoms with Crippen molar-refractivity contribution in [3.8, 4) is 0 Å². The molecule has 25 heavy (non-hydrogen) atoms. The van der Waals surface area contributed by atoms with E-state index >= 15 is 0 Å². The van der Waals surface area contributed by atoms with Gasteiger partial charge in [-0.15, -0.1) is 5.10 Å². The first kappa shape index (κ1) is 14.7. The van der Waals surface area contributed by atoms with Crippen LogP contribution in [0.25, 0.3) is 5.52 Å². The lowest BCUT2D eigenvalue weighted by molar-refractivity contribution is 0.704. The summed E-state index contributed by atoms with van der Waals surface area (Å²) in [6, 6.07) is 6.60. The number of nitrogens with zero attached hydrogens (tertiary/aromatic N) is 5. The van der Waals surface area contributed by atoms with E-state index in [4.69, 9.17) is 4.98 Å². The highest BCUT2D eigenvalue weighted by atomic mass is 15.4. The van der Waals surface area contributed by atoms with Crippen LogP contribution in [0.3, 0.4) is 0 Å². The van der Waals surface area contributed by atoms with Crippen molar-refractivity contribution in [2.45, 2.75) is 51.0 Å². The van der Waals surface area contributed by atoms with Crippen LogP contribution in [-0.2, 0) is 5.41 Å². The van der Waals surface area contributed by atoms with Gasteiger partial charge in [-0.3, -0.25) is 5.10 Å². The number of hydrogen-bond donors (Lipinski definition) is 2. The van der Waals surface area contributed by atoms with Crippen LogP contribution >= 0.6 is 0 Å². The molecule has 2 fully saturated rings. The quantitative estimate of drug-likeness (QED) is 0.764. The first-order valence-corrected chi connectivity index (χ1v) is 9.07. The van der Waals surface area contributed by atoms with Crippen molar-refractivity contribution in [2.75, 3.05) is 16.8 Å². The Balaban J connectivity index is 1.51. The molecule has 4 heterocycles. The lowest BCUT2D eigenvalue weighted by Crippen LogP contribution is -2.29. The Morgan fingerprint density at radius 3 is 3.00 bits per heavy atom. The summed E-state index contributed by atoms with van der Waals surface area (Å²) < 4.78 is 1.89. The molecule has 0 unspecified atom stereocenters. The van der Waals surface area contributed by atoms with E-state index in [1.165, 1.54) is 31.4 Å². The van der Waals surface area contributed by atoms with Crippen LogP contribution in [0.5, 0.6) is 0 Å². The van der Waals surface area contributed by atoms with Gasteiger partial charge >= 0.3 is 0 Å². The van der Waals surface area contributed by atoms with Gasteiger partial charge in [0.15, 0.2) is 11.6 Å². The molecule has 1 aliphatic heterocycles. The molecule has 7 nitrogen and oxygen atoms in total. The number of nitrogens with one attached hydrogen (secondary N) is 2. The second-order valence-corrected chi connectivity index (χ2v) is 7.64. The van der Waals surface area contributed by atoms with E-state index in [1.54, 1.807) is 0 Å². The summed E-state index contributed by atoms with van der Waals surface area (Å²) in [6.45, 7) is 5.52. The SMILES string of the molecule is C[C@H]1CCCN1c1nc(Nc2cc(C3(C)CC3)[nH]n2)c2cccn2n1. The Morgan fingerprint density at radius 2 is 2.24 bits per heavy atom. The van der Waals surface area contributed by atoms with Crippen LogP contribution in [0.1, 0.15) is 45.2 Å². The molecule has 7 heteroatoms. The second kappa shape index (κ2) is 5.21. The first-order valence-electron chi connectivity index (χ1n) is 9.07. The van der Waals surface area contributed by atoms with Gasteiger partial charge in [-0.25, -0.2) is 4.52 Å². The summed E-state index contributed by atoms with van der Waals surface area (Å²) in [5, 5.41) is 15.7.